The molecule has 0 spiro atoms. The summed E-state index contributed by atoms with van der Waals surface area (Å²) in [5.74, 6) is 0.667. The smallest absolute Gasteiger partial charge is 0.306 e. The minimum absolute atomic E-state index is 0.163. The lowest BCUT2D eigenvalue weighted by Crippen LogP contribution is -2.06. The third kappa shape index (κ3) is 3.66. The maximum Gasteiger partial charge on any atom is 0.306 e. The minimum Gasteiger partial charge on any atom is -0.496 e. The van der Waals surface area contributed by atoms with Crippen molar-refractivity contribution in [2.45, 2.75) is 19.8 Å². The first kappa shape index (κ1) is 13.3. The molecule has 88 valence electrons. The summed E-state index contributed by atoms with van der Waals surface area (Å²) < 4.78 is 11.3. The molecule has 0 heterocycles. The fourth-order valence-electron chi connectivity index (χ4n) is 1.43. The number of hydrogen-bond acceptors (Lipinski definition) is 3. The molecule has 16 heavy (non-hydrogen) atoms. The SMILES string of the molecule is CCOC(=O)CCc1c(I)cccc1OC. The molecule has 0 aliphatic heterocycles. The Balaban J connectivity index is 2.69. The highest BCUT2D eigenvalue weighted by Gasteiger charge is 2.10. The van der Waals surface area contributed by atoms with Crippen LogP contribution in [-0.4, -0.2) is 19.7 Å². The normalized spacial score (nSPS) is 9.94. The molecular formula is C12H15IO3. The molecule has 0 bridgehead atoms. The Labute approximate surface area is 109 Å². The molecule has 0 atom stereocenters. The van der Waals surface area contributed by atoms with Crippen LogP contribution in [0.5, 0.6) is 5.75 Å². The predicted octanol–water partition coefficient (Wildman–Crippen LogP) is 2.80. The Kier molecular flexibility index (Phi) is 5.59. The van der Waals surface area contributed by atoms with Gasteiger partial charge in [-0.2, -0.15) is 0 Å². The van der Waals surface area contributed by atoms with Crippen molar-refractivity contribution in [2.75, 3.05) is 13.7 Å². The number of hydrogen-bond donors (Lipinski definition) is 0. The fraction of sp³-hybridized carbons (Fsp3) is 0.417. The van der Waals surface area contributed by atoms with Crippen molar-refractivity contribution < 1.29 is 14.3 Å². The molecule has 0 aliphatic carbocycles. The van der Waals surface area contributed by atoms with Crippen LogP contribution in [-0.2, 0) is 16.0 Å². The number of carbonyl (C=O) groups is 1. The first-order valence-electron chi connectivity index (χ1n) is 5.16. The molecular weight excluding hydrogens is 319 g/mol. The van der Waals surface area contributed by atoms with Gasteiger partial charge in [-0.3, -0.25) is 4.79 Å². The van der Waals surface area contributed by atoms with Crippen LogP contribution in [0.2, 0.25) is 0 Å². The van der Waals surface area contributed by atoms with E-state index < -0.39 is 0 Å². The van der Waals surface area contributed by atoms with E-state index in [0.29, 0.717) is 19.4 Å². The first-order valence-corrected chi connectivity index (χ1v) is 6.24. The van der Waals surface area contributed by atoms with E-state index in [4.69, 9.17) is 9.47 Å². The van der Waals surface area contributed by atoms with Crippen LogP contribution in [0.25, 0.3) is 0 Å². The lowest BCUT2D eigenvalue weighted by Gasteiger charge is -2.09. The van der Waals surface area contributed by atoms with Gasteiger partial charge in [-0.1, -0.05) is 6.07 Å². The van der Waals surface area contributed by atoms with Gasteiger partial charge in [-0.15, -0.1) is 0 Å². The molecule has 0 N–H and O–H groups in total. The van der Waals surface area contributed by atoms with Crippen molar-refractivity contribution in [1.82, 2.24) is 0 Å². The van der Waals surface area contributed by atoms with E-state index in [-0.39, 0.29) is 5.97 Å². The summed E-state index contributed by atoms with van der Waals surface area (Å²) in [6.07, 6.45) is 1.05. The maximum atomic E-state index is 11.3. The summed E-state index contributed by atoms with van der Waals surface area (Å²) in [5, 5.41) is 0. The van der Waals surface area contributed by atoms with Crippen LogP contribution >= 0.6 is 22.6 Å². The van der Waals surface area contributed by atoms with Gasteiger partial charge >= 0.3 is 5.97 Å². The van der Waals surface area contributed by atoms with Crippen molar-refractivity contribution >= 4 is 28.6 Å². The number of benzene rings is 1. The van der Waals surface area contributed by atoms with Crippen LogP contribution in [0.3, 0.4) is 0 Å². The molecule has 0 saturated heterocycles. The van der Waals surface area contributed by atoms with E-state index in [2.05, 4.69) is 22.6 Å². The number of ether oxygens (including phenoxy) is 2. The molecule has 0 fully saturated rings. The highest BCUT2D eigenvalue weighted by atomic mass is 127. The second kappa shape index (κ2) is 6.73. The molecule has 0 radical (unpaired) electrons. The number of methoxy groups -OCH3 is 1. The Morgan fingerprint density at radius 3 is 2.81 bits per heavy atom. The molecule has 3 nitrogen and oxygen atoms in total. The number of esters is 1. The van der Waals surface area contributed by atoms with Gasteiger partial charge in [-0.05, 0) is 48.1 Å². The van der Waals surface area contributed by atoms with E-state index in [1.807, 2.05) is 25.1 Å². The van der Waals surface area contributed by atoms with E-state index in [1.165, 1.54) is 0 Å². The average molecular weight is 334 g/mol. The molecule has 1 aromatic rings. The molecule has 0 amide bonds. The fourth-order valence-corrected chi connectivity index (χ4v) is 2.18. The third-order valence-corrected chi connectivity index (χ3v) is 3.19. The van der Waals surface area contributed by atoms with Crippen LogP contribution < -0.4 is 4.74 Å². The lowest BCUT2D eigenvalue weighted by molar-refractivity contribution is -0.143. The summed E-state index contributed by atoms with van der Waals surface area (Å²) in [4.78, 5) is 11.3. The molecule has 1 rings (SSSR count). The minimum atomic E-state index is -0.163. The highest BCUT2D eigenvalue weighted by Crippen LogP contribution is 2.25. The average Bonchev–Trinajstić information content (AvgIpc) is 2.27. The second-order valence-electron chi connectivity index (χ2n) is 3.23. The van der Waals surface area contributed by atoms with Crippen LogP contribution in [0, 0.1) is 3.57 Å². The van der Waals surface area contributed by atoms with Crippen molar-refractivity contribution in [3.63, 3.8) is 0 Å². The summed E-state index contributed by atoms with van der Waals surface area (Å²) in [5.41, 5.74) is 1.07. The van der Waals surface area contributed by atoms with E-state index >= 15 is 0 Å². The van der Waals surface area contributed by atoms with Crippen LogP contribution in [0.4, 0.5) is 0 Å². The zero-order valence-electron chi connectivity index (χ0n) is 9.46. The topological polar surface area (TPSA) is 35.5 Å². The zero-order chi connectivity index (χ0) is 12.0. The lowest BCUT2D eigenvalue weighted by atomic mass is 10.1. The number of rotatable bonds is 5. The Morgan fingerprint density at radius 2 is 2.19 bits per heavy atom. The Hall–Kier alpha value is -0.780. The van der Waals surface area contributed by atoms with Crippen molar-refractivity contribution in [2.24, 2.45) is 0 Å². The standard InChI is InChI=1S/C12H15IO3/c1-3-16-12(14)8-7-9-10(13)5-4-6-11(9)15-2/h4-6H,3,7-8H2,1-2H3. The van der Waals surface area contributed by atoms with E-state index in [0.717, 1.165) is 14.9 Å². The van der Waals surface area contributed by atoms with Gasteiger partial charge < -0.3 is 9.47 Å². The summed E-state index contributed by atoms with van der Waals surface area (Å²) in [6.45, 7) is 2.24. The second-order valence-corrected chi connectivity index (χ2v) is 4.39. The van der Waals surface area contributed by atoms with Gasteiger partial charge in [0.15, 0.2) is 0 Å². The quantitative estimate of drug-likeness (QED) is 0.614. The number of carbonyl (C=O) groups excluding carboxylic acids is 1. The highest BCUT2D eigenvalue weighted by molar-refractivity contribution is 14.1. The van der Waals surface area contributed by atoms with Crippen LogP contribution in [0.1, 0.15) is 18.9 Å². The molecule has 0 aromatic heterocycles. The summed E-state index contributed by atoms with van der Waals surface area (Å²) >= 11 is 2.25. The zero-order valence-corrected chi connectivity index (χ0v) is 11.6. The van der Waals surface area contributed by atoms with Gasteiger partial charge in [0.25, 0.3) is 0 Å². The Morgan fingerprint density at radius 1 is 1.44 bits per heavy atom. The first-order chi connectivity index (χ1) is 7.69. The van der Waals surface area contributed by atoms with Crippen molar-refractivity contribution in [3.8, 4) is 5.75 Å². The van der Waals surface area contributed by atoms with Crippen molar-refractivity contribution in [3.05, 3.63) is 27.3 Å². The Bertz CT molecular complexity index is 363. The number of halogens is 1. The maximum absolute atomic E-state index is 11.3. The van der Waals surface area contributed by atoms with E-state index in [1.54, 1.807) is 7.11 Å². The van der Waals surface area contributed by atoms with Gasteiger partial charge in [0, 0.05) is 15.6 Å². The molecule has 1 aromatic carbocycles. The largest absolute Gasteiger partial charge is 0.496 e. The van der Waals surface area contributed by atoms with E-state index in [9.17, 15) is 4.79 Å². The molecule has 0 unspecified atom stereocenters. The third-order valence-electron chi connectivity index (χ3n) is 2.18. The molecule has 0 saturated carbocycles. The summed E-state index contributed by atoms with van der Waals surface area (Å²) in [7, 11) is 1.64. The summed E-state index contributed by atoms with van der Waals surface area (Å²) in [6, 6.07) is 5.85. The van der Waals surface area contributed by atoms with Gasteiger partial charge in [0.2, 0.25) is 0 Å². The van der Waals surface area contributed by atoms with Gasteiger partial charge in [-0.25, -0.2) is 0 Å². The monoisotopic (exact) mass is 334 g/mol. The van der Waals surface area contributed by atoms with Crippen molar-refractivity contribution in [1.29, 1.82) is 0 Å². The predicted molar refractivity (Wildman–Crippen MR) is 70.7 cm³/mol. The van der Waals surface area contributed by atoms with Gasteiger partial charge in [0.1, 0.15) is 5.75 Å². The molecule has 0 aliphatic rings. The van der Waals surface area contributed by atoms with Crippen LogP contribution in [0.15, 0.2) is 18.2 Å². The van der Waals surface area contributed by atoms with Gasteiger partial charge in [0.05, 0.1) is 13.7 Å². The molecule has 4 heteroatoms.